The van der Waals surface area contributed by atoms with Crippen molar-refractivity contribution in [3.8, 4) is 5.75 Å². The lowest BCUT2D eigenvalue weighted by molar-refractivity contribution is -0.203. The average molecular weight is 601 g/mol. The van der Waals surface area contributed by atoms with E-state index in [1.54, 1.807) is 25.9 Å². The number of hydrogen-bond donors (Lipinski definition) is 4. The second kappa shape index (κ2) is 10.4. The molecule has 0 heterocycles. The number of nitrogens with two attached hydrogens (primary N) is 1. The van der Waals surface area contributed by atoms with E-state index in [4.69, 9.17) is 10.5 Å². The number of nitrogens with one attached hydrogen (secondary N) is 1. The number of phenolic OH excluding ortho intramolecular Hbond substituents is 1. The lowest BCUT2D eigenvalue weighted by Crippen LogP contribution is -2.79. The molecule has 1 aromatic carbocycles. The molecule has 13 nitrogen and oxygen atoms in total. The van der Waals surface area contributed by atoms with Gasteiger partial charge in [0.15, 0.2) is 34.7 Å². The van der Waals surface area contributed by atoms with E-state index in [1.165, 1.54) is 32.0 Å². The maximum absolute atomic E-state index is 14.4. The first kappa shape index (κ1) is 32.1. The van der Waals surface area contributed by atoms with Crippen molar-refractivity contribution >= 4 is 46.5 Å². The number of Topliss-reactive ketones (excluding diaryl/α,β-unsaturated/α-hetero) is 4. The zero-order chi connectivity index (χ0) is 32.6. The Morgan fingerprint density at radius 3 is 2.23 bits per heavy atom. The van der Waals surface area contributed by atoms with E-state index in [-0.39, 0.29) is 36.6 Å². The molecule has 0 spiro atoms. The maximum Gasteiger partial charge on any atom is 0.411 e. The molecular weight excluding hydrogens is 560 g/mol. The van der Waals surface area contributed by atoms with Gasteiger partial charge in [0.1, 0.15) is 5.75 Å². The number of benzene rings is 1. The van der Waals surface area contributed by atoms with Gasteiger partial charge in [0.2, 0.25) is 5.91 Å². The summed E-state index contributed by atoms with van der Waals surface area (Å²) >= 11 is 0. The van der Waals surface area contributed by atoms with E-state index >= 15 is 0 Å². The predicted molar refractivity (Wildman–Crippen MR) is 155 cm³/mol. The van der Waals surface area contributed by atoms with Crippen LogP contribution in [-0.2, 0) is 30.3 Å². The summed E-state index contributed by atoms with van der Waals surface area (Å²) in [6.45, 7) is 6.94. The van der Waals surface area contributed by atoms with Crippen LogP contribution in [0.4, 0.5) is 16.2 Å². The smallest absolute Gasteiger partial charge is 0.411 e. The van der Waals surface area contributed by atoms with Gasteiger partial charge in [-0.1, -0.05) is 27.7 Å². The number of rotatable bonds is 6. The molecule has 2 amide bonds. The molecule has 2 fully saturated rings. The fraction of sp³-hybridized carbons (Fsp3) is 0.600. The number of ketones is 4. The van der Waals surface area contributed by atoms with E-state index in [1.807, 2.05) is 13.8 Å². The number of phenols is 1. The van der Waals surface area contributed by atoms with Gasteiger partial charge in [-0.05, 0) is 49.9 Å². The minimum absolute atomic E-state index is 0.0484. The van der Waals surface area contributed by atoms with Crippen LogP contribution in [0.3, 0.4) is 0 Å². The summed E-state index contributed by atoms with van der Waals surface area (Å²) in [7, 11) is 6.49. The lowest BCUT2D eigenvalue weighted by atomic mass is 9.42. The second-order valence-electron chi connectivity index (χ2n) is 13.4. The van der Waals surface area contributed by atoms with Crippen LogP contribution < -0.4 is 16.0 Å². The Labute approximate surface area is 249 Å². The number of aromatic hydroxyl groups is 1. The Morgan fingerprint density at radius 2 is 1.72 bits per heavy atom. The molecule has 0 aliphatic heterocycles. The van der Waals surface area contributed by atoms with Crippen LogP contribution in [0, 0.1) is 28.6 Å². The molecule has 43 heavy (non-hydrogen) atoms. The van der Waals surface area contributed by atoms with Crippen LogP contribution in [0.1, 0.15) is 50.0 Å². The molecule has 2 saturated carbocycles. The summed E-state index contributed by atoms with van der Waals surface area (Å²) in [5, 5.41) is 25.8. The van der Waals surface area contributed by atoms with Crippen molar-refractivity contribution in [2.24, 2.45) is 34.3 Å². The topological polar surface area (TPSA) is 197 Å². The summed E-state index contributed by atoms with van der Waals surface area (Å²) in [5.74, 6) is -9.72. The van der Waals surface area contributed by atoms with Gasteiger partial charge < -0.3 is 25.6 Å². The van der Waals surface area contributed by atoms with Gasteiger partial charge in [0, 0.05) is 25.2 Å². The number of carbonyl (C=O) groups is 6. The molecule has 0 aromatic heterocycles. The van der Waals surface area contributed by atoms with E-state index in [0.717, 1.165) is 0 Å². The second-order valence-corrected chi connectivity index (χ2v) is 13.4. The van der Waals surface area contributed by atoms with Crippen molar-refractivity contribution in [3.05, 3.63) is 17.2 Å². The van der Waals surface area contributed by atoms with Crippen molar-refractivity contribution < 1.29 is 43.7 Å². The normalized spacial score (nSPS) is 31.8. The van der Waals surface area contributed by atoms with E-state index < -0.39 is 75.2 Å². The minimum atomic E-state index is -2.90. The van der Waals surface area contributed by atoms with Crippen molar-refractivity contribution in [2.45, 2.75) is 52.2 Å². The van der Waals surface area contributed by atoms with Crippen LogP contribution in [0.15, 0.2) is 6.07 Å². The Morgan fingerprint density at radius 1 is 1.12 bits per heavy atom. The van der Waals surface area contributed by atoms with Crippen LogP contribution in [0.5, 0.6) is 5.75 Å². The summed E-state index contributed by atoms with van der Waals surface area (Å²) in [5.41, 5.74) is 0.107. The third-order valence-corrected chi connectivity index (χ3v) is 9.23. The molecule has 13 heteroatoms. The van der Waals surface area contributed by atoms with Crippen LogP contribution in [0.25, 0.3) is 0 Å². The SMILES string of the molecule is CC(C)COC(=O)Nc1cc(N(C)C)c2c(c1O)C(=O)C1C(=O)[C@]3(O)C(=O)C(C(N)=O)C(=O)[C@@H](N(C)C)[C@]3(C)C[C@]1(C)C2. The third kappa shape index (κ3) is 4.51. The first-order valence-corrected chi connectivity index (χ1v) is 14.1. The van der Waals surface area contributed by atoms with Gasteiger partial charge in [0.25, 0.3) is 0 Å². The summed E-state index contributed by atoms with van der Waals surface area (Å²) in [6, 6.07) is 0.245. The van der Waals surface area contributed by atoms with E-state index in [2.05, 4.69) is 5.32 Å². The number of primary amides is 1. The standard InChI is InChI=1S/C30H40N4O9/c1-13(2)11-43-27(41)32-15-9-16(33(5)6)14-10-28(3)12-29(4)23(34(7)8)22(37)18(26(31)40)24(38)30(29,42)25(39)19(28)21(36)17(14)20(15)35/h9,13,18-19,23,35,42H,10-12H2,1-8H3,(H2,31,40)(H,32,41)/t18?,19?,23-,28+,29+,30-/m1/s1. The molecule has 5 N–H and O–H groups in total. The van der Waals surface area contributed by atoms with Gasteiger partial charge in [-0.3, -0.25) is 34.2 Å². The molecule has 2 unspecified atom stereocenters. The monoisotopic (exact) mass is 600 g/mol. The number of nitrogens with zero attached hydrogens (tertiary/aromatic N) is 2. The molecule has 6 atom stereocenters. The number of likely N-dealkylation sites (N-methyl/N-ethyl adjacent to an activating group) is 1. The number of amides is 2. The van der Waals surface area contributed by atoms with Crippen molar-refractivity contribution in [1.29, 1.82) is 0 Å². The summed E-state index contributed by atoms with van der Waals surface area (Å²) in [6.07, 6.45) is -0.930. The van der Waals surface area contributed by atoms with Gasteiger partial charge in [-0.15, -0.1) is 0 Å². The predicted octanol–water partition coefficient (Wildman–Crippen LogP) is 0.918. The number of aliphatic hydroxyl groups is 1. The molecule has 234 valence electrons. The molecule has 0 saturated heterocycles. The number of ether oxygens (including phenoxy) is 1. The number of anilines is 2. The van der Waals surface area contributed by atoms with Crippen LogP contribution >= 0.6 is 0 Å². The lowest BCUT2D eigenvalue weighted by Gasteiger charge is -2.61. The molecule has 0 radical (unpaired) electrons. The molecular formula is C30H40N4O9. The average Bonchev–Trinajstić information content (AvgIpc) is 2.85. The number of fused-ring (bicyclic) bond motifs is 3. The van der Waals surface area contributed by atoms with Gasteiger partial charge in [-0.2, -0.15) is 0 Å². The first-order chi connectivity index (χ1) is 19.7. The molecule has 4 rings (SSSR count). The summed E-state index contributed by atoms with van der Waals surface area (Å²) in [4.78, 5) is 83.8. The van der Waals surface area contributed by atoms with Gasteiger partial charge in [-0.25, -0.2) is 4.79 Å². The number of hydrogen-bond acceptors (Lipinski definition) is 11. The largest absolute Gasteiger partial charge is 0.505 e. The molecule has 3 aliphatic rings. The highest BCUT2D eigenvalue weighted by Gasteiger charge is 2.76. The zero-order valence-corrected chi connectivity index (χ0v) is 25.7. The highest BCUT2D eigenvalue weighted by atomic mass is 16.5. The fourth-order valence-electron chi connectivity index (χ4n) is 7.65. The fourth-order valence-corrected chi connectivity index (χ4v) is 7.65. The first-order valence-electron chi connectivity index (χ1n) is 14.1. The molecule has 1 aromatic rings. The Kier molecular flexibility index (Phi) is 7.76. The van der Waals surface area contributed by atoms with Crippen LogP contribution in [-0.4, -0.2) is 96.7 Å². The van der Waals surface area contributed by atoms with Gasteiger partial charge in [0.05, 0.1) is 29.8 Å². The van der Waals surface area contributed by atoms with Crippen LogP contribution in [0.2, 0.25) is 0 Å². The van der Waals surface area contributed by atoms with Crippen molar-refractivity contribution in [3.63, 3.8) is 0 Å². The highest BCUT2D eigenvalue weighted by Crippen LogP contribution is 2.62. The Hall–Kier alpha value is -3.84. The molecule has 3 aliphatic carbocycles. The van der Waals surface area contributed by atoms with E-state index in [9.17, 15) is 39.0 Å². The van der Waals surface area contributed by atoms with Crippen molar-refractivity contribution in [1.82, 2.24) is 4.90 Å². The van der Waals surface area contributed by atoms with Gasteiger partial charge >= 0.3 is 6.09 Å². The maximum atomic E-state index is 14.4. The Balaban J connectivity index is 1.92. The third-order valence-electron chi connectivity index (χ3n) is 9.23. The van der Waals surface area contributed by atoms with Crippen molar-refractivity contribution in [2.75, 3.05) is 45.0 Å². The number of carbonyl (C=O) groups excluding carboxylic acids is 6. The highest BCUT2D eigenvalue weighted by molar-refractivity contribution is 6.33. The molecule has 0 bridgehead atoms. The minimum Gasteiger partial charge on any atom is -0.505 e. The quantitative estimate of drug-likeness (QED) is 0.268. The summed E-state index contributed by atoms with van der Waals surface area (Å²) < 4.78 is 5.16. The van der Waals surface area contributed by atoms with E-state index in [0.29, 0.717) is 11.3 Å². The Bertz CT molecular complexity index is 1450. The zero-order valence-electron chi connectivity index (χ0n) is 25.7.